The fourth-order valence-electron chi connectivity index (χ4n) is 3.93. The number of nitrogens with zero attached hydrogens (tertiary/aromatic N) is 2. The molecule has 28 heavy (non-hydrogen) atoms. The van der Waals surface area contributed by atoms with Gasteiger partial charge >= 0.3 is 0 Å². The van der Waals surface area contributed by atoms with Gasteiger partial charge in [0.15, 0.2) is 0 Å². The SMILES string of the molecule is OCCN1CCN(CCO[C@@H]2Cc3cc(Cl)ccc3Sc3ccccc32)CC1. The van der Waals surface area contributed by atoms with Crippen LogP contribution >= 0.6 is 23.4 Å². The van der Waals surface area contributed by atoms with E-state index in [1.807, 2.05) is 17.8 Å². The van der Waals surface area contributed by atoms with Crippen molar-refractivity contribution < 1.29 is 9.84 Å². The van der Waals surface area contributed by atoms with E-state index in [1.165, 1.54) is 20.9 Å². The van der Waals surface area contributed by atoms with Crippen molar-refractivity contribution in [3.05, 3.63) is 58.6 Å². The molecule has 0 radical (unpaired) electrons. The van der Waals surface area contributed by atoms with Crippen LogP contribution in [0.5, 0.6) is 0 Å². The highest BCUT2D eigenvalue weighted by Crippen LogP contribution is 2.42. The average Bonchev–Trinajstić information content (AvgIpc) is 2.86. The van der Waals surface area contributed by atoms with Crippen LogP contribution in [0, 0.1) is 0 Å². The number of rotatable bonds is 6. The number of hydrogen-bond donors (Lipinski definition) is 1. The fourth-order valence-corrected chi connectivity index (χ4v) is 5.23. The Labute approximate surface area is 176 Å². The Hall–Kier alpha value is -1.08. The Morgan fingerprint density at radius 1 is 1.00 bits per heavy atom. The number of benzene rings is 2. The van der Waals surface area contributed by atoms with Crippen molar-refractivity contribution in [3.63, 3.8) is 0 Å². The molecule has 2 aliphatic heterocycles. The number of piperazine rings is 1. The summed E-state index contributed by atoms with van der Waals surface area (Å²) < 4.78 is 6.41. The first-order valence-corrected chi connectivity index (χ1v) is 11.1. The van der Waals surface area contributed by atoms with Gasteiger partial charge < -0.3 is 9.84 Å². The van der Waals surface area contributed by atoms with E-state index < -0.39 is 0 Å². The third-order valence-corrected chi connectivity index (χ3v) is 6.97. The third kappa shape index (κ3) is 4.90. The summed E-state index contributed by atoms with van der Waals surface area (Å²) >= 11 is 8.06. The van der Waals surface area contributed by atoms with E-state index in [9.17, 15) is 0 Å². The number of aliphatic hydroxyl groups excluding tert-OH is 1. The van der Waals surface area contributed by atoms with Crippen molar-refractivity contribution in [2.75, 3.05) is 52.5 Å². The summed E-state index contributed by atoms with van der Waals surface area (Å²) in [4.78, 5) is 7.31. The molecule has 0 aliphatic carbocycles. The minimum atomic E-state index is 0.0547. The molecule has 2 aliphatic rings. The summed E-state index contributed by atoms with van der Waals surface area (Å²) in [5.74, 6) is 0. The highest BCUT2D eigenvalue weighted by Gasteiger charge is 2.24. The van der Waals surface area contributed by atoms with E-state index >= 15 is 0 Å². The van der Waals surface area contributed by atoms with Crippen molar-refractivity contribution in [2.24, 2.45) is 0 Å². The van der Waals surface area contributed by atoms with E-state index in [2.05, 4.69) is 46.2 Å². The first kappa shape index (κ1) is 20.2. The second kappa shape index (κ2) is 9.61. The molecule has 0 spiro atoms. The summed E-state index contributed by atoms with van der Waals surface area (Å²) in [7, 11) is 0. The Balaban J connectivity index is 1.39. The maximum Gasteiger partial charge on any atom is 0.0877 e. The summed E-state index contributed by atoms with van der Waals surface area (Å²) in [6.07, 6.45) is 0.906. The van der Waals surface area contributed by atoms with Crippen LogP contribution in [-0.2, 0) is 11.2 Å². The maximum atomic E-state index is 9.07. The van der Waals surface area contributed by atoms with Crippen LogP contribution < -0.4 is 0 Å². The first-order chi connectivity index (χ1) is 13.7. The van der Waals surface area contributed by atoms with Gasteiger partial charge in [0, 0.05) is 60.5 Å². The molecule has 0 saturated carbocycles. The van der Waals surface area contributed by atoms with E-state index in [0.29, 0.717) is 0 Å². The first-order valence-electron chi connectivity index (χ1n) is 9.95. The minimum Gasteiger partial charge on any atom is -0.395 e. The molecule has 2 aromatic rings. The van der Waals surface area contributed by atoms with Gasteiger partial charge in [0.05, 0.1) is 19.3 Å². The molecule has 2 heterocycles. The average molecular weight is 419 g/mol. The number of halogens is 1. The monoisotopic (exact) mass is 418 g/mol. The Bertz CT molecular complexity index is 796. The third-order valence-electron chi connectivity index (χ3n) is 5.52. The molecule has 1 N–H and O–H groups in total. The minimum absolute atomic E-state index is 0.0547. The highest BCUT2D eigenvalue weighted by atomic mass is 35.5. The zero-order valence-corrected chi connectivity index (χ0v) is 17.6. The van der Waals surface area contributed by atoms with Gasteiger partial charge in [-0.15, -0.1) is 0 Å². The van der Waals surface area contributed by atoms with Crippen LogP contribution in [0.4, 0.5) is 0 Å². The predicted octanol–water partition coefficient (Wildman–Crippen LogP) is 3.71. The van der Waals surface area contributed by atoms with Crippen LogP contribution in [0.2, 0.25) is 5.02 Å². The largest absolute Gasteiger partial charge is 0.395 e. The normalized spacial score (nSPS) is 20.4. The molecule has 0 unspecified atom stereocenters. The van der Waals surface area contributed by atoms with Crippen LogP contribution in [0.25, 0.3) is 0 Å². The standard InChI is InChI=1S/C22H27ClN2O2S/c23-18-5-6-21-17(15-18)16-20(19-3-1-2-4-22(19)28-21)27-14-12-25-9-7-24(8-10-25)11-13-26/h1-6,15,20,26H,7-14,16H2/t20-/m1/s1. The molecule has 4 nitrogen and oxygen atoms in total. The lowest BCUT2D eigenvalue weighted by molar-refractivity contribution is 0.0240. The second-order valence-corrected chi connectivity index (χ2v) is 8.88. The van der Waals surface area contributed by atoms with Crippen LogP contribution in [0.1, 0.15) is 17.2 Å². The van der Waals surface area contributed by atoms with Gasteiger partial charge in [-0.2, -0.15) is 0 Å². The molecule has 4 rings (SSSR count). The Morgan fingerprint density at radius 2 is 1.75 bits per heavy atom. The topological polar surface area (TPSA) is 35.9 Å². The predicted molar refractivity (Wildman–Crippen MR) is 114 cm³/mol. The number of aliphatic hydroxyl groups is 1. The molecule has 1 saturated heterocycles. The smallest absolute Gasteiger partial charge is 0.0877 e. The van der Waals surface area contributed by atoms with Gasteiger partial charge in [0.2, 0.25) is 0 Å². The molecule has 0 aromatic heterocycles. The molecule has 0 bridgehead atoms. The van der Waals surface area contributed by atoms with Crippen LogP contribution in [-0.4, -0.2) is 67.4 Å². The van der Waals surface area contributed by atoms with Gasteiger partial charge in [-0.25, -0.2) is 0 Å². The lowest BCUT2D eigenvalue weighted by Gasteiger charge is -2.34. The second-order valence-electron chi connectivity index (χ2n) is 7.36. The molecule has 1 atom stereocenters. The molecular weight excluding hydrogens is 392 g/mol. The van der Waals surface area contributed by atoms with Crippen molar-refractivity contribution >= 4 is 23.4 Å². The number of hydrogen-bond acceptors (Lipinski definition) is 5. The van der Waals surface area contributed by atoms with E-state index in [4.69, 9.17) is 21.4 Å². The molecule has 0 amide bonds. The van der Waals surface area contributed by atoms with E-state index in [-0.39, 0.29) is 12.7 Å². The summed E-state index contributed by atoms with van der Waals surface area (Å²) in [6, 6.07) is 14.7. The van der Waals surface area contributed by atoms with Gasteiger partial charge in [-0.05, 0) is 35.4 Å². The van der Waals surface area contributed by atoms with Crippen molar-refractivity contribution in [2.45, 2.75) is 22.3 Å². The lowest BCUT2D eigenvalue weighted by Crippen LogP contribution is -2.48. The summed E-state index contributed by atoms with van der Waals surface area (Å²) in [6.45, 7) is 6.82. The zero-order valence-electron chi connectivity index (χ0n) is 16.0. The van der Waals surface area contributed by atoms with Crippen LogP contribution in [0.3, 0.4) is 0 Å². The lowest BCUT2D eigenvalue weighted by atomic mass is 10.0. The molecule has 6 heteroatoms. The van der Waals surface area contributed by atoms with E-state index in [0.717, 1.165) is 57.3 Å². The van der Waals surface area contributed by atoms with Gasteiger partial charge in [-0.3, -0.25) is 9.80 Å². The fraction of sp³-hybridized carbons (Fsp3) is 0.455. The van der Waals surface area contributed by atoms with Gasteiger partial charge in [0.1, 0.15) is 0 Å². The maximum absolute atomic E-state index is 9.07. The number of fused-ring (bicyclic) bond motifs is 2. The molecule has 150 valence electrons. The Morgan fingerprint density at radius 3 is 2.54 bits per heavy atom. The molecular formula is C22H27ClN2O2S. The zero-order chi connectivity index (χ0) is 19.3. The van der Waals surface area contributed by atoms with E-state index in [1.54, 1.807) is 0 Å². The van der Waals surface area contributed by atoms with Crippen molar-refractivity contribution in [3.8, 4) is 0 Å². The van der Waals surface area contributed by atoms with Gasteiger partial charge in [-0.1, -0.05) is 41.6 Å². The Kier molecular flexibility index (Phi) is 6.94. The summed E-state index contributed by atoms with van der Waals surface area (Å²) in [5, 5.41) is 9.86. The van der Waals surface area contributed by atoms with Gasteiger partial charge in [0.25, 0.3) is 0 Å². The molecule has 2 aromatic carbocycles. The number of β-amino-alcohol motifs (C(OH)–C–C–N with tert-alkyl or cyclic N) is 1. The highest BCUT2D eigenvalue weighted by molar-refractivity contribution is 7.99. The number of ether oxygens (including phenoxy) is 1. The molecule has 1 fully saturated rings. The summed E-state index contributed by atoms with van der Waals surface area (Å²) in [5.41, 5.74) is 2.53. The van der Waals surface area contributed by atoms with Crippen molar-refractivity contribution in [1.29, 1.82) is 0 Å². The van der Waals surface area contributed by atoms with Crippen LogP contribution in [0.15, 0.2) is 52.3 Å². The van der Waals surface area contributed by atoms with Crippen molar-refractivity contribution in [1.82, 2.24) is 9.80 Å². The quantitative estimate of drug-likeness (QED) is 0.773.